The van der Waals surface area contributed by atoms with Crippen molar-refractivity contribution >= 4 is 17.7 Å². The van der Waals surface area contributed by atoms with Gasteiger partial charge >= 0.3 is 0 Å². The molecule has 6 heteroatoms. The average Bonchev–Trinajstić information content (AvgIpc) is 2.74. The molecule has 1 atom stereocenters. The van der Waals surface area contributed by atoms with Crippen LogP contribution in [0.3, 0.4) is 0 Å². The maximum Gasteiger partial charge on any atom is 0.230 e. The van der Waals surface area contributed by atoms with Gasteiger partial charge in [0.15, 0.2) is 0 Å². The van der Waals surface area contributed by atoms with Gasteiger partial charge in [-0.05, 0) is 36.8 Å². The SMILES string of the molecule is CCOc1ccc(SCC(=O)N[C@H](CN2CCOCC2)c2ccccc2)cc1. The lowest BCUT2D eigenvalue weighted by atomic mass is 10.1. The summed E-state index contributed by atoms with van der Waals surface area (Å²) >= 11 is 1.54. The molecule has 1 amide bonds. The largest absolute Gasteiger partial charge is 0.494 e. The van der Waals surface area contributed by atoms with E-state index in [0.717, 1.165) is 49.1 Å². The number of ether oxygens (including phenoxy) is 2. The number of carbonyl (C=O) groups excluding carboxylic acids is 1. The molecule has 0 aliphatic carbocycles. The number of hydrogen-bond donors (Lipinski definition) is 1. The fraction of sp³-hybridized carbons (Fsp3) is 0.409. The van der Waals surface area contributed by atoms with E-state index in [4.69, 9.17) is 9.47 Å². The number of morpholine rings is 1. The van der Waals surface area contributed by atoms with E-state index in [1.54, 1.807) is 0 Å². The van der Waals surface area contributed by atoms with Crippen molar-refractivity contribution in [2.75, 3.05) is 45.2 Å². The Bertz CT molecular complexity index is 718. The minimum atomic E-state index is -0.0206. The minimum Gasteiger partial charge on any atom is -0.494 e. The predicted octanol–water partition coefficient (Wildman–Crippen LogP) is 3.37. The van der Waals surface area contributed by atoms with Crippen LogP contribution in [0.1, 0.15) is 18.5 Å². The molecule has 1 aliphatic rings. The first-order valence-electron chi connectivity index (χ1n) is 9.74. The lowest BCUT2D eigenvalue weighted by Gasteiger charge is -2.31. The van der Waals surface area contributed by atoms with Crippen molar-refractivity contribution in [3.63, 3.8) is 0 Å². The highest BCUT2D eigenvalue weighted by Crippen LogP contribution is 2.22. The van der Waals surface area contributed by atoms with Gasteiger partial charge in [-0.3, -0.25) is 9.69 Å². The molecular weight excluding hydrogens is 372 g/mol. The lowest BCUT2D eigenvalue weighted by Crippen LogP contribution is -2.43. The van der Waals surface area contributed by atoms with Gasteiger partial charge in [-0.2, -0.15) is 0 Å². The van der Waals surface area contributed by atoms with Crippen LogP contribution < -0.4 is 10.1 Å². The third-order valence-electron chi connectivity index (χ3n) is 4.59. The fourth-order valence-corrected chi connectivity index (χ4v) is 3.85. The third-order valence-corrected chi connectivity index (χ3v) is 5.60. The zero-order valence-electron chi connectivity index (χ0n) is 16.3. The van der Waals surface area contributed by atoms with Gasteiger partial charge in [0.2, 0.25) is 5.91 Å². The number of carbonyl (C=O) groups is 1. The maximum absolute atomic E-state index is 12.6. The Morgan fingerprint density at radius 1 is 1.14 bits per heavy atom. The molecule has 2 aromatic rings. The Balaban J connectivity index is 1.55. The number of thioether (sulfide) groups is 1. The molecule has 5 nitrogen and oxygen atoms in total. The topological polar surface area (TPSA) is 50.8 Å². The number of nitrogens with zero attached hydrogens (tertiary/aromatic N) is 1. The Morgan fingerprint density at radius 3 is 2.54 bits per heavy atom. The second kappa shape index (κ2) is 11.1. The molecule has 0 bridgehead atoms. The Labute approximate surface area is 171 Å². The van der Waals surface area contributed by atoms with Gasteiger partial charge in [0, 0.05) is 24.5 Å². The molecule has 1 saturated heterocycles. The highest BCUT2D eigenvalue weighted by atomic mass is 32.2. The van der Waals surface area contributed by atoms with E-state index < -0.39 is 0 Å². The highest BCUT2D eigenvalue weighted by molar-refractivity contribution is 8.00. The molecule has 1 heterocycles. The van der Waals surface area contributed by atoms with Gasteiger partial charge in [0.25, 0.3) is 0 Å². The van der Waals surface area contributed by atoms with E-state index in [2.05, 4.69) is 22.3 Å². The van der Waals surface area contributed by atoms with E-state index in [-0.39, 0.29) is 11.9 Å². The maximum atomic E-state index is 12.6. The minimum absolute atomic E-state index is 0.0206. The molecular formula is C22H28N2O3S. The molecule has 2 aromatic carbocycles. The normalized spacial score (nSPS) is 15.8. The van der Waals surface area contributed by atoms with Crippen molar-refractivity contribution in [3.8, 4) is 5.75 Å². The van der Waals surface area contributed by atoms with Gasteiger partial charge in [0.05, 0.1) is 31.6 Å². The second-order valence-electron chi connectivity index (χ2n) is 6.64. The monoisotopic (exact) mass is 400 g/mol. The number of benzene rings is 2. The molecule has 1 fully saturated rings. The van der Waals surface area contributed by atoms with E-state index >= 15 is 0 Å². The van der Waals surface area contributed by atoms with Gasteiger partial charge < -0.3 is 14.8 Å². The summed E-state index contributed by atoms with van der Waals surface area (Å²) in [4.78, 5) is 16.0. The van der Waals surface area contributed by atoms with Gasteiger partial charge in [-0.15, -0.1) is 11.8 Å². The fourth-order valence-electron chi connectivity index (χ4n) is 3.15. The van der Waals surface area contributed by atoms with Crippen LogP contribution >= 0.6 is 11.8 Å². The number of nitrogens with one attached hydrogen (secondary N) is 1. The summed E-state index contributed by atoms with van der Waals surface area (Å²) in [7, 11) is 0. The van der Waals surface area contributed by atoms with Crippen LogP contribution in [0.15, 0.2) is 59.5 Å². The molecule has 0 aromatic heterocycles. The van der Waals surface area contributed by atoms with E-state index in [0.29, 0.717) is 12.4 Å². The smallest absolute Gasteiger partial charge is 0.230 e. The van der Waals surface area contributed by atoms with Crippen LogP contribution in [0.2, 0.25) is 0 Å². The summed E-state index contributed by atoms with van der Waals surface area (Å²) < 4.78 is 10.9. The standard InChI is InChI=1S/C22H28N2O3S/c1-2-27-19-8-10-20(11-9-19)28-17-22(25)23-21(18-6-4-3-5-7-18)16-24-12-14-26-15-13-24/h3-11,21H,2,12-17H2,1H3,(H,23,25)/t21-/m1/s1. The molecule has 28 heavy (non-hydrogen) atoms. The van der Waals surface area contributed by atoms with Crippen molar-refractivity contribution in [2.24, 2.45) is 0 Å². The Morgan fingerprint density at radius 2 is 1.86 bits per heavy atom. The molecule has 0 unspecified atom stereocenters. The number of amides is 1. The summed E-state index contributed by atoms with van der Waals surface area (Å²) in [6.45, 7) is 6.73. The van der Waals surface area contributed by atoms with Crippen LogP contribution in [-0.2, 0) is 9.53 Å². The average molecular weight is 401 g/mol. The second-order valence-corrected chi connectivity index (χ2v) is 7.69. The van der Waals surface area contributed by atoms with Crippen molar-refractivity contribution < 1.29 is 14.3 Å². The van der Waals surface area contributed by atoms with Crippen LogP contribution in [-0.4, -0.2) is 56.0 Å². The van der Waals surface area contributed by atoms with Crippen LogP contribution in [0.5, 0.6) is 5.75 Å². The van der Waals surface area contributed by atoms with Gasteiger partial charge in [0.1, 0.15) is 5.75 Å². The highest BCUT2D eigenvalue weighted by Gasteiger charge is 2.20. The molecule has 0 saturated carbocycles. The summed E-state index contributed by atoms with van der Waals surface area (Å²) in [6.07, 6.45) is 0. The summed E-state index contributed by atoms with van der Waals surface area (Å²) in [6, 6.07) is 18.0. The first-order chi connectivity index (χ1) is 13.7. The molecule has 1 aliphatic heterocycles. The predicted molar refractivity (Wildman–Crippen MR) is 113 cm³/mol. The first-order valence-corrected chi connectivity index (χ1v) is 10.7. The summed E-state index contributed by atoms with van der Waals surface area (Å²) in [5, 5.41) is 3.22. The van der Waals surface area contributed by atoms with Crippen LogP contribution in [0.25, 0.3) is 0 Å². The molecule has 0 spiro atoms. The van der Waals surface area contributed by atoms with E-state index in [9.17, 15) is 4.79 Å². The van der Waals surface area contributed by atoms with E-state index in [1.165, 1.54) is 11.8 Å². The quantitative estimate of drug-likeness (QED) is 0.654. The molecule has 1 N–H and O–H groups in total. The lowest BCUT2D eigenvalue weighted by molar-refractivity contribution is -0.119. The first kappa shape index (κ1) is 20.7. The Kier molecular flexibility index (Phi) is 8.21. The van der Waals surface area contributed by atoms with Crippen molar-refractivity contribution in [1.82, 2.24) is 10.2 Å². The zero-order chi connectivity index (χ0) is 19.6. The molecule has 0 radical (unpaired) electrons. The van der Waals surface area contributed by atoms with Gasteiger partial charge in [-0.25, -0.2) is 0 Å². The number of hydrogen-bond acceptors (Lipinski definition) is 5. The molecule has 3 rings (SSSR count). The van der Waals surface area contributed by atoms with E-state index in [1.807, 2.05) is 49.4 Å². The molecule has 150 valence electrons. The van der Waals surface area contributed by atoms with Crippen LogP contribution in [0, 0.1) is 0 Å². The Hall–Kier alpha value is -2.02. The van der Waals surface area contributed by atoms with Crippen molar-refractivity contribution in [3.05, 3.63) is 60.2 Å². The van der Waals surface area contributed by atoms with Crippen molar-refractivity contribution in [1.29, 1.82) is 0 Å². The van der Waals surface area contributed by atoms with Crippen molar-refractivity contribution in [2.45, 2.75) is 17.9 Å². The summed E-state index contributed by atoms with van der Waals surface area (Å²) in [5.41, 5.74) is 1.13. The number of rotatable bonds is 9. The van der Waals surface area contributed by atoms with Gasteiger partial charge in [-0.1, -0.05) is 30.3 Å². The third kappa shape index (κ3) is 6.55. The van der Waals surface area contributed by atoms with Crippen LogP contribution in [0.4, 0.5) is 0 Å². The zero-order valence-corrected chi connectivity index (χ0v) is 17.1. The summed E-state index contributed by atoms with van der Waals surface area (Å²) in [5.74, 6) is 1.28.